The van der Waals surface area contributed by atoms with E-state index < -0.39 is 0 Å². The third-order valence-corrected chi connectivity index (χ3v) is 3.12. The second kappa shape index (κ2) is 8.66. The van der Waals surface area contributed by atoms with Gasteiger partial charge >= 0.3 is 0 Å². The summed E-state index contributed by atoms with van der Waals surface area (Å²) in [5, 5.41) is 3.20. The number of nitrogens with zero attached hydrogens (tertiary/aromatic N) is 1. The molecule has 0 atom stereocenters. The van der Waals surface area contributed by atoms with Crippen LogP contribution in [0.1, 0.15) is 10.4 Å². The SMILES string of the molecule is COc1ncccc1C(=O)NCC#CCOc1ccccc1Cl. The van der Waals surface area contributed by atoms with Gasteiger partial charge in [0.25, 0.3) is 5.91 Å². The van der Waals surface area contributed by atoms with Crippen molar-refractivity contribution >= 4 is 17.5 Å². The smallest absolute Gasteiger partial charge is 0.257 e. The molecule has 118 valence electrons. The molecule has 1 heterocycles. The number of hydrogen-bond donors (Lipinski definition) is 1. The van der Waals surface area contributed by atoms with Gasteiger partial charge in [-0.15, -0.1) is 0 Å². The lowest BCUT2D eigenvalue weighted by molar-refractivity contribution is 0.0955. The number of ether oxygens (including phenoxy) is 2. The Labute approximate surface area is 139 Å². The molecule has 0 radical (unpaired) electrons. The molecule has 1 aromatic carbocycles. The first-order chi connectivity index (χ1) is 11.2. The van der Waals surface area contributed by atoms with Crippen LogP contribution in [0.2, 0.25) is 5.02 Å². The predicted molar refractivity (Wildman–Crippen MR) is 87.8 cm³/mol. The van der Waals surface area contributed by atoms with Crippen LogP contribution in [0.5, 0.6) is 11.6 Å². The molecular formula is C17H15ClN2O3. The van der Waals surface area contributed by atoms with Crippen molar-refractivity contribution in [3.05, 3.63) is 53.2 Å². The fourth-order valence-electron chi connectivity index (χ4n) is 1.74. The first kappa shape index (κ1) is 16.7. The number of pyridine rings is 1. The van der Waals surface area contributed by atoms with Crippen molar-refractivity contribution in [1.29, 1.82) is 0 Å². The van der Waals surface area contributed by atoms with Crippen LogP contribution in [0.3, 0.4) is 0 Å². The van der Waals surface area contributed by atoms with Gasteiger partial charge in [-0.2, -0.15) is 0 Å². The number of benzene rings is 1. The summed E-state index contributed by atoms with van der Waals surface area (Å²) in [7, 11) is 1.46. The van der Waals surface area contributed by atoms with Crippen LogP contribution >= 0.6 is 11.6 Å². The van der Waals surface area contributed by atoms with E-state index in [-0.39, 0.29) is 24.9 Å². The van der Waals surface area contributed by atoms with E-state index in [1.807, 2.05) is 12.1 Å². The number of carbonyl (C=O) groups excluding carboxylic acids is 1. The molecule has 0 saturated carbocycles. The van der Waals surface area contributed by atoms with Crippen molar-refractivity contribution in [3.8, 4) is 23.5 Å². The molecule has 0 aliphatic heterocycles. The number of hydrogen-bond acceptors (Lipinski definition) is 4. The topological polar surface area (TPSA) is 60.5 Å². The molecule has 23 heavy (non-hydrogen) atoms. The standard InChI is InChI=1S/C17H15ClN2O3/c1-22-17-13(7-6-11-20-17)16(21)19-10-4-5-12-23-15-9-3-2-8-14(15)18/h2-3,6-9,11H,10,12H2,1H3,(H,19,21). The number of rotatable bonds is 5. The lowest BCUT2D eigenvalue weighted by atomic mass is 10.2. The minimum Gasteiger partial charge on any atom is -0.480 e. The highest BCUT2D eigenvalue weighted by Gasteiger charge is 2.11. The van der Waals surface area contributed by atoms with E-state index in [1.54, 1.807) is 30.5 Å². The van der Waals surface area contributed by atoms with Gasteiger partial charge in [-0.1, -0.05) is 35.6 Å². The molecule has 0 aliphatic carbocycles. The van der Waals surface area contributed by atoms with Crippen LogP contribution in [-0.4, -0.2) is 31.2 Å². The van der Waals surface area contributed by atoms with E-state index in [9.17, 15) is 4.79 Å². The van der Waals surface area contributed by atoms with E-state index in [1.165, 1.54) is 7.11 Å². The third-order valence-electron chi connectivity index (χ3n) is 2.81. The maximum absolute atomic E-state index is 12.0. The van der Waals surface area contributed by atoms with E-state index in [0.717, 1.165) is 0 Å². The van der Waals surface area contributed by atoms with Crippen molar-refractivity contribution in [2.24, 2.45) is 0 Å². The summed E-state index contributed by atoms with van der Waals surface area (Å²) >= 11 is 5.95. The molecule has 1 N–H and O–H groups in total. The van der Waals surface area contributed by atoms with E-state index in [4.69, 9.17) is 21.1 Å². The highest BCUT2D eigenvalue weighted by atomic mass is 35.5. The average Bonchev–Trinajstić information content (AvgIpc) is 2.59. The van der Waals surface area contributed by atoms with Gasteiger partial charge in [0, 0.05) is 6.20 Å². The normalized spacial score (nSPS) is 9.48. The fraction of sp³-hybridized carbons (Fsp3) is 0.176. The van der Waals surface area contributed by atoms with Crippen LogP contribution in [-0.2, 0) is 0 Å². The summed E-state index contributed by atoms with van der Waals surface area (Å²) in [4.78, 5) is 15.9. The second-order valence-electron chi connectivity index (χ2n) is 4.32. The molecule has 6 heteroatoms. The van der Waals surface area contributed by atoms with Crippen LogP contribution in [0.15, 0.2) is 42.6 Å². The van der Waals surface area contributed by atoms with Crippen molar-refractivity contribution in [2.75, 3.05) is 20.3 Å². The van der Waals surface area contributed by atoms with Crippen molar-refractivity contribution in [3.63, 3.8) is 0 Å². The first-order valence-corrected chi connectivity index (χ1v) is 7.20. The molecule has 0 spiro atoms. The summed E-state index contributed by atoms with van der Waals surface area (Å²) in [5.74, 6) is 6.17. The van der Waals surface area contributed by atoms with Crippen LogP contribution < -0.4 is 14.8 Å². The molecule has 1 amide bonds. The van der Waals surface area contributed by atoms with Gasteiger partial charge in [0.05, 0.1) is 18.7 Å². The highest BCUT2D eigenvalue weighted by molar-refractivity contribution is 6.32. The monoisotopic (exact) mass is 330 g/mol. The molecule has 0 saturated heterocycles. The number of methoxy groups -OCH3 is 1. The Morgan fingerprint density at radius 3 is 2.87 bits per heavy atom. The predicted octanol–water partition coefficient (Wildman–Crippen LogP) is 2.56. The Morgan fingerprint density at radius 1 is 1.26 bits per heavy atom. The third kappa shape index (κ3) is 4.90. The largest absolute Gasteiger partial charge is 0.480 e. The molecular weight excluding hydrogens is 316 g/mol. The summed E-state index contributed by atoms with van der Waals surface area (Å²) in [6.07, 6.45) is 1.56. The average molecular weight is 331 g/mol. The maximum Gasteiger partial charge on any atom is 0.257 e. The molecule has 1 aromatic heterocycles. The second-order valence-corrected chi connectivity index (χ2v) is 4.72. The fourth-order valence-corrected chi connectivity index (χ4v) is 1.93. The van der Waals surface area contributed by atoms with Crippen molar-refractivity contribution in [2.45, 2.75) is 0 Å². The zero-order valence-corrected chi connectivity index (χ0v) is 13.3. The molecule has 5 nitrogen and oxygen atoms in total. The zero-order valence-electron chi connectivity index (χ0n) is 12.5. The van der Waals surface area contributed by atoms with E-state index in [0.29, 0.717) is 16.3 Å². The number of aromatic nitrogens is 1. The Balaban J connectivity index is 1.79. The van der Waals surface area contributed by atoms with Gasteiger partial charge in [-0.25, -0.2) is 4.98 Å². The first-order valence-electron chi connectivity index (χ1n) is 6.82. The number of halogens is 1. The summed E-state index contributed by atoms with van der Waals surface area (Å²) in [6.45, 7) is 0.387. The lowest BCUT2D eigenvalue weighted by Crippen LogP contribution is -2.24. The molecule has 2 aromatic rings. The van der Waals surface area contributed by atoms with Crippen LogP contribution in [0, 0.1) is 11.8 Å². The van der Waals surface area contributed by atoms with Crippen LogP contribution in [0.4, 0.5) is 0 Å². The van der Waals surface area contributed by atoms with Crippen molar-refractivity contribution < 1.29 is 14.3 Å². The van der Waals surface area contributed by atoms with E-state index in [2.05, 4.69) is 22.1 Å². The van der Waals surface area contributed by atoms with E-state index >= 15 is 0 Å². The quantitative estimate of drug-likeness (QED) is 0.856. The number of nitrogens with one attached hydrogen (secondary N) is 1. The van der Waals surface area contributed by atoms with Crippen LogP contribution in [0.25, 0.3) is 0 Å². The lowest BCUT2D eigenvalue weighted by Gasteiger charge is -2.05. The summed E-state index contributed by atoms with van der Waals surface area (Å²) < 4.78 is 10.4. The Kier molecular flexibility index (Phi) is 6.28. The summed E-state index contributed by atoms with van der Waals surface area (Å²) in [5.41, 5.74) is 0.365. The number of carbonyl (C=O) groups is 1. The Bertz CT molecular complexity index is 738. The highest BCUT2D eigenvalue weighted by Crippen LogP contribution is 2.22. The Hall–Kier alpha value is -2.71. The molecule has 2 rings (SSSR count). The molecule has 0 aliphatic rings. The summed E-state index contributed by atoms with van der Waals surface area (Å²) in [6, 6.07) is 10.5. The zero-order chi connectivity index (χ0) is 16.5. The number of para-hydroxylation sites is 1. The molecule has 0 fully saturated rings. The van der Waals surface area contributed by atoms with Gasteiger partial charge in [0.15, 0.2) is 0 Å². The van der Waals surface area contributed by atoms with Gasteiger partial charge in [-0.05, 0) is 24.3 Å². The number of amides is 1. The Morgan fingerprint density at radius 2 is 2.09 bits per heavy atom. The van der Waals surface area contributed by atoms with Gasteiger partial charge in [0.1, 0.15) is 17.9 Å². The molecule has 0 unspecified atom stereocenters. The minimum atomic E-state index is -0.295. The van der Waals surface area contributed by atoms with Gasteiger partial charge in [0.2, 0.25) is 5.88 Å². The van der Waals surface area contributed by atoms with Crippen molar-refractivity contribution in [1.82, 2.24) is 10.3 Å². The maximum atomic E-state index is 12.0. The molecule has 0 bridgehead atoms. The van der Waals surface area contributed by atoms with Gasteiger partial charge in [-0.3, -0.25) is 4.79 Å². The van der Waals surface area contributed by atoms with Gasteiger partial charge < -0.3 is 14.8 Å². The minimum absolute atomic E-state index is 0.190.